The van der Waals surface area contributed by atoms with Crippen LogP contribution in [0.2, 0.25) is 0 Å². The maximum Gasteiger partial charge on any atom is 0.259 e. The molecule has 2 aliphatic rings. The van der Waals surface area contributed by atoms with E-state index >= 15 is 0 Å². The molecule has 0 fully saturated rings. The molecule has 194 valence electrons. The van der Waals surface area contributed by atoms with E-state index in [4.69, 9.17) is 10.1 Å². The van der Waals surface area contributed by atoms with Gasteiger partial charge in [-0.1, -0.05) is 66.4 Å². The first-order valence-corrected chi connectivity index (χ1v) is 14.5. The highest BCUT2D eigenvalue weighted by Gasteiger charge is 2.41. The number of sulfonamides is 1. The summed E-state index contributed by atoms with van der Waals surface area (Å²) in [6.07, 6.45) is 1.01. The molecular formula is C27H25N5O4S2. The molecule has 38 heavy (non-hydrogen) atoms. The molecule has 2 heterocycles. The Labute approximate surface area is 224 Å². The lowest BCUT2D eigenvalue weighted by molar-refractivity contribution is -0.124. The zero-order chi connectivity index (χ0) is 26.7. The molecule has 5 rings (SSSR count). The van der Waals surface area contributed by atoms with Crippen molar-refractivity contribution in [1.29, 1.82) is 0 Å². The third-order valence-electron chi connectivity index (χ3n) is 6.14. The highest BCUT2D eigenvalue weighted by Crippen LogP contribution is 2.34. The van der Waals surface area contributed by atoms with E-state index in [-0.39, 0.29) is 22.5 Å². The number of rotatable bonds is 8. The normalized spacial score (nSPS) is 16.4. The number of nitrogens with zero attached hydrogens (tertiary/aromatic N) is 3. The molecule has 2 amide bonds. The van der Waals surface area contributed by atoms with Crippen molar-refractivity contribution in [2.75, 3.05) is 12.3 Å². The number of benzene rings is 3. The molecule has 0 saturated heterocycles. The fourth-order valence-corrected chi connectivity index (χ4v) is 5.59. The molecule has 2 aliphatic heterocycles. The van der Waals surface area contributed by atoms with E-state index in [1.807, 2.05) is 54.6 Å². The summed E-state index contributed by atoms with van der Waals surface area (Å²) < 4.78 is 22.8. The number of primary sulfonamides is 1. The van der Waals surface area contributed by atoms with Gasteiger partial charge < -0.3 is 5.32 Å². The van der Waals surface area contributed by atoms with Crippen LogP contribution in [0.15, 0.2) is 93.7 Å². The topological polar surface area (TPSA) is 134 Å². The van der Waals surface area contributed by atoms with E-state index in [2.05, 4.69) is 10.3 Å². The number of thioether (sulfide) groups is 1. The first-order chi connectivity index (χ1) is 18.3. The van der Waals surface area contributed by atoms with Crippen molar-refractivity contribution in [3.8, 4) is 0 Å². The Morgan fingerprint density at radius 1 is 0.974 bits per heavy atom. The minimum Gasteiger partial charge on any atom is -0.355 e. The number of amides is 2. The zero-order valence-corrected chi connectivity index (χ0v) is 21.9. The first kappa shape index (κ1) is 25.8. The summed E-state index contributed by atoms with van der Waals surface area (Å²) in [7, 11) is -3.74. The smallest absolute Gasteiger partial charge is 0.259 e. The number of nitrogens with two attached hydrogens (primary N) is 1. The third-order valence-corrected chi connectivity index (χ3v) is 8.01. The maximum absolute atomic E-state index is 13.4. The van der Waals surface area contributed by atoms with Gasteiger partial charge in [0.15, 0.2) is 5.17 Å². The Morgan fingerprint density at radius 2 is 1.68 bits per heavy atom. The van der Waals surface area contributed by atoms with Crippen molar-refractivity contribution in [2.45, 2.75) is 23.8 Å². The average molecular weight is 548 g/mol. The highest BCUT2D eigenvalue weighted by atomic mass is 32.2. The van der Waals surface area contributed by atoms with Crippen LogP contribution in [0.25, 0.3) is 0 Å². The van der Waals surface area contributed by atoms with Gasteiger partial charge in [0.1, 0.15) is 11.9 Å². The minimum absolute atomic E-state index is 0.0434. The van der Waals surface area contributed by atoms with Gasteiger partial charge in [0.05, 0.1) is 16.3 Å². The number of para-hydroxylation sites is 1. The molecule has 1 atom stereocenters. The van der Waals surface area contributed by atoms with Crippen molar-refractivity contribution in [1.82, 2.24) is 10.2 Å². The molecule has 9 nitrogen and oxygen atoms in total. The summed E-state index contributed by atoms with van der Waals surface area (Å²) in [6, 6.07) is 22.9. The number of aliphatic imine (C=N–C) groups is 2. The summed E-state index contributed by atoms with van der Waals surface area (Å²) >= 11 is 1.19. The van der Waals surface area contributed by atoms with Crippen LogP contribution >= 0.6 is 11.8 Å². The average Bonchev–Trinajstić information content (AvgIpc) is 3.24. The fraction of sp³-hybridized carbons (Fsp3) is 0.185. The Kier molecular flexibility index (Phi) is 7.41. The SMILES string of the molecule is NS(=O)(=O)c1ccc(CCNC(=O)CSC2=Nc3ccccc3C3=NC(Cc4ccccc4)C(=O)N23)cc1. The molecule has 0 aliphatic carbocycles. The van der Waals surface area contributed by atoms with E-state index in [1.165, 1.54) is 28.8 Å². The minimum atomic E-state index is -3.74. The van der Waals surface area contributed by atoms with Gasteiger partial charge in [-0.25, -0.2) is 23.4 Å². The van der Waals surface area contributed by atoms with Crippen molar-refractivity contribution >= 4 is 50.3 Å². The summed E-state index contributed by atoms with van der Waals surface area (Å²) in [4.78, 5) is 37.0. The van der Waals surface area contributed by atoms with Gasteiger partial charge >= 0.3 is 0 Å². The quantitative estimate of drug-likeness (QED) is 0.447. The van der Waals surface area contributed by atoms with Gasteiger partial charge in [-0.05, 0) is 41.8 Å². The van der Waals surface area contributed by atoms with Crippen molar-refractivity contribution in [3.63, 3.8) is 0 Å². The first-order valence-electron chi connectivity index (χ1n) is 11.9. The zero-order valence-electron chi connectivity index (χ0n) is 20.3. The van der Waals surface area contributed by atoms with Crippen LogP contribution in [0.3, 0.4) is 0 Å². The second-order valence-corrected chi connectivity index (χ2v) is 11.3. The van der Waals surface area contributed by atoms with E-state index in [0.717, 1.165) is 16.7 Å². The monoisotopic (exact) mass is 547 g/mol. The Hall–Kier alpha value is -3.80. The molecule has 0 saturated carbocycles. The lowest BCUT2D eigenvalue weighted by Crippen LogP contribution is -2.42. The Bertz CT molecular complexity index is 1540. The van der Waals surface area contributed by atoms with Crippen molar-refractivity contribution in [3.05, 3.63) is 95.6 Å². The van der Waals surface area contributed by atoms with E-state index < -0.39 is 16.1 Å². The third kappa shape index (κ3) is 5.69. The molecule has 0 bridgehead atoms. The van der Waals surface area contributed by atoms with E-state index in [1.54, 1.807) is 12.1 Å². The van der Waals surface area contributed by atoms with Gasteiger partial charge in [-0.2, -0.15) is 0 Å². The van der Waals surface area contributed by atoms with E-state index in [0.29, 0.717) is 36.1 Å². The lowest BCUT2D eigenvalue weighted by Gasteiger charge is -2.25. The molecular weight excluding hydrogens is 522 g/mol. The van der Waals surface area contributed by atoms with Crippen LogP contribution in [0.4, 0.5) is 5.69 Å². The maximum atomic E-state index is 13.4. The van der Waals surface area contributed by atoms with Crippen molar-refractivity contribution in [2.24, 2.45) is 15.1 Å². The molecule has 0 radical (unpaired) electrons. The number of amidine groups is 2. The molecule has 11 heteroatoms. The number of nitrogens with one attached hydrogen (secondary N) is 1. The standard InChI is InChI=1S/C27H25N5O4S2/c28-38(35,36)20-12-10-18(11-13-20)14-15-29-24(33)17-37-27-31-22-9-5-4-8-21(22)25-30-23(26(34)32(25)27)16-19-6-2-1-3-7-19/h1-13,23H,14-17H2,(H,29,33)(H2,28,35,36). The summed E-state index contributed by atoms with van der Waals surface area (Å²) in [6.45, 7) is 0.373. The second-order valence-electron chi connectivity index (χ2n) is 8.82. The number of hydrogen-bond donors (Lipinski definition) is 2. The number of carbonyl (C=O) groups is 2. The van der Waals surface area contributed by atoms with Gasteiger partial charge in [0.2, 0.25) is 15.9 Å². The number of fused-ring (bicyclic) bond motifs is 3. The van der Waals surface area contributed by atoms with Gasteiger partial charge in [-0.15, -0.1) is 0 Å². The largest absolute Gasteiger partial charge is 0.355 e. The lowest BCUT2D eigenvalue weighted by atomic mass is 10.1. The van der Waals surface area contributed by atoms with Crippen LogP contribution < -0.4 is 10.5 Å². The molecule has 0 spiro atoms. The summed E-state index contributed by atoms with van der Waals surface area (Å²) in [5, 5.41) is 8.41. The van der Waals surface area contributed by atoms with Gasteiger partial charge in [-0.3, -0.25) is 14.6 Å². The second kappa shape index (κ2) is 10.9. The van der Waals surface area contributed by atoms with Crippen LogP contribution in [-0.4, -0.2) is 54.5 Å². The summed E-state index contributed by atoms with van der Waals surface area (Å²) in [5.41, 5.74) is 3.39. The highest BCUT2D eigenvalue weighted by molar-refractivity contribution is 8.14. The fourth-order valence-electron chi connectivity index (χ4n) is 4.24. The predicted octanol–water partition coefficient (Wildman–Crippen LogP) is 2.63. The molecule has 1 unspecified atom stereocenters. The Morgan fingerprint density at radius 3 is 2.42 bits per heavy atom. The van der Waals surface area contributed by atoms with Crippen molar-refractivity contribution < 1.29 is 18.0 Å². The van der Waals surface area contributed by atoms with Crippen LogP contribution in [-0.2, 0) is 32.5 Å². The van der Waals surface area contributed by atoms with Crippen LogP contribution in [0, 0.1) is 0 Å². The van der Waals surface area contributed by atoms with Crippen LogP contribution in [0.1, 0.15) is 16.7 Å². The Balaban J connectivity index is 1.22. The molecule has 3 N–H and O–H groups in total. The predicted molar refractivity (Wildman–Crippen MR) is 148 cm³/mol. The number of hydrogen-bond acceptors (Lipinski definition) is 7. The van der Waals surface area contributed by atoms with E-state index in [9.17, 15) is 18.0 Å². The van der Waals surface area contributed by atoms with Crippen LogP contribution in [0.5, 0.6) is 0 Å². The van der Waals surface area contributed by atoms with Gasteiger partial charge in [0.25, 0.3) is 5.91 Å². The number of carbonyl (C=O) groups excluding carboxylic acids is 2. The molecule has 0 aromatic heterocycles. The summed E-state index contributed by atoms with van der Waals surface area (Å²) in [5.74, 6) is 0.273. The van der Waals surface area contributed by atoms with Gasteiger partial charge in [0, 0.05) is 18.5 Å². The molecule has 3 aromatic carbocycles. The molecule has 3 aromatic rings.